The molecule has 1 aromatic heterocycles. The topological polar surface area (TPSA) is 29.9 Å². The van der Waals surface area contributed by atoms with Gasteiger partial charge in [0.25, 0.3) is 0 Å². The van der Waals surface area contributed by atoms with Crippen LogP contribution >= 0.6 is 0 Å². The van der Waals surface area contributed by atoms with Crippen molar-refractivity contribution in [2.45, 2.75) is 40.3 Å². The third-order valence-electron chi connectivity index (χ3n) is 2.29. The summed E-state index contributed by atoms with van der Waals surface area (Å²) in [4.78, 5) is 0. The predicted octanol–water partition coefficient (Wildman–Crippen LogP) is 2.59. The minimum Gasteiger partial charge on any atom is -0.312 e. The van der Waals surface area contributed by atoms with Crippen LogP contribution in [0.3, 0.4) is 0 Å². The van der Waals surface area contributed by atoms with Gasteiger partial charge in [0.15, 0.2) is 0 Å². The van der Waals surface area contributed by atoms with Crippen LogP contribution in [0.1, 0.15) is 32.8 Å². The number of nitrogens with zero attached hydrogens (tertiary/aromatic N) is 2. The fourth-order valence-electron chi connectivity index (χ4n) is 1.56. The van der Waals surface area contributed by atoms with Crippen molar-refractivity contribution in [3.05, 3.63) is 30.1 Å². The normalized spacial score (nSPS) is 11.8. The van der Waals surface area contributed by atoms with E-state index < -0.39 is 0 Å². The summed E-state index contributed by atoms with van der Waals surface area (Å²) >= 11 is 0. The summed E-state index contributed by atoms with van der Waals surface area (Å²) in [5.41, 5.74) is 1.26. The maximum atomic E-state index is 4.33. The molecule has 0 unspecified atom stereocenters. The van der Waals surface area contributed by atoms with Gasteiger partial charge in [-0.25, -0.2) is 0 Å². The molecule has 0 bridgehead atoms. The Morgan fingerprint density at radius 2 is 2.31 bits per heavy atom. The van der Waals surface area contributed by atoms with Gasteiger partial charge in [-0.05, 0) is 25.8 Å². The van der Waals surface area contributed by atoms with Crippen molar-refractivity contribution in [3.8, 4) is 0 Å². The number of hydrogen-bond acceptors (Lipinski definition) is 2. The van der Waals surface area contributed by atoms with E-state index in [2.05, 4.69) is 49.5 Å². The molecule has 16 heavy (non-hydrogen) atoms. The average Bonchev–Trinajstić information content (AvgIpc) is 2.64. The Morgan fingerprint density at radius 1 is 1.50 bits per heavy atom. The van der Waals surface area contributed by atoms with Crippen LogP contribution in [0.15, 0.2) is 24.5 Å². The highest BCUT2D eigenvalue weighted by Crippen LogP contribution is 2.01. The van der Waals surface area contributed by atoms with Crippen LogP contribution in [0.5, 0.6) is 0 Å². The molecule has 0 aliphatic rings. The molecular formula is C13H23N3. The molecule has 0 fully saturated rings. The van der Waals surface area contributed by atoms with Crippen molar-refractivity contribution >= 4 is 0 Å². The van der Waals surface area contributed by atoms with Crippen molar-refractivity contribution in [1.82, 2.24) is 15.1 Å². The Bertz CT molecular complexity index is 313. The number of aromatic nitrogens is 2. The van der Waals surface area contributed by atoms with E-state index in [-0.39, 0.29) is 0 Å². The second-order valence-corrected chi connectivity index (χ2v) is 4.50. The molecule has 0 amide bonds. The van der Waals surface area contributed by atoms with Crippen LogP contribution < -0.4 is 5.32 Å². The second kappa shape index (κ2) is 7.23. The van der Waals surface area contributed by atoms with E-state index >= 15 is 0 Å². The lowest BCUT2D eigenvalue weighted by Crippen LogP contribution is -2.13. The Balaban J connectivity index is 2.24. The van der Waals surface area contributed by atoms with Crippen LogP contribution in [0.2, 0.25) is 0 Å². The monoisotopic (exact) mass is 221 g/mol. The van der Waals surface area contributed by atoms with E-state index in [9.17, 15) is 0 Å². The van der Waals surface area contributed by atoms with Gasteiger partial charge in [0.1, 0.15) is 0 Å². The van der Waals surface area contributed by atoms with Gasteiger partial charge >= 0.3 is 0 Å². The number of hydrogen-bond donors (Lipinski definition) is 1. The first-order valence-electron chi connectivity index (χ1n) is 6.05. The molecular weight excluding hydrogens is 198 g/mol. The first kappa shape index (κ1) is 13.0. The summed E-state index contributed by atoms with van der Waals surface area (Å²) in [6, 6.07) is 0. The molecule has 90 valence electrons. The molecule has 0 radical (unpaired) electrons. The van der Waals surface area contributed by atoms with Crippen LogP contribution in [-0.2, 0) is 13.1 Å². The van der Waals surface area contributed by atoms with E-state index in [4.69, 9.17) is 0 Å². The molecule has 0 aliphatic carbocycles. The van der Waals surface area contributed by atoms with Crippen molar-refractivity contribution in [3.63, 3.8) is 0 Å². The maximum Gasteiger partial charge on any atom is 0.0534 e. The molecule has 0 aliphatic heterocycles. The lowest BCUT2D eigenvalue weighted by Gasteiger charge is -2.03. The van der Waals surface area contributed by atoms with Gasteiger partial charge in [-0.1, -0.05) is 26.0 Å². The molecule has 1 heterocycles. The Morgan fingerprint density at radius 3 is 3.00 bits per heavy atom. The van der Waals surface area contributed by atoms with Crippen molar-refractivity contribution in [2.75, 3.05) is 6.54 Å². The Labute approximate surface area is 98.5 Å². The van der Waals surface area contributed by atoms with Crippen LogP contribution in [0, 0.1) is 5.92 Å². The van der Waals surface area contributed by atoms with E-state index in [1.165, 1.54) is 5.56 Å². The molecule has 0 saturated carbocycles. The largest absolute Gasteiger partial charge is 0.312 e. The molecule has 0 spiro atoms. The average molecular weight is 221 g/mol. The lowest BCUT2D eigenvalue weighted by molar-refractivity contribution is 0.482. The van der Waals surface area contributed by atoms with Gasteiger partial charge in [0, 0.05) is 24.8 Å². The minimum absolute atomic E-state index is 0.649. The quantitative estimate of drug-likeness (QED) is 0.566. The van der Waals surface area contributed by atoms with Crippen molar-refractivity contribution in [2.24, 2.45) is 5.92 Å². The third kappa shape index (κ3) is 5.12. The first-order valence-corrected chi connectivity index (χ1v) is 6.05. The molecule has 1 N–H and O–H groups in total. The maximum absolute atomic E-state index is 4.33. The van der Waals surface area contributed by atoms with E-state index in [0.29, 0.717) is 5.92 Å². The summed E-state index contributed by atoms with van der Waals surface area (Å²) < 4.78 is 2.02. The molecule has 1 aromatic rings. The molecule has 3 heteroatoms. The number of rotatable bonds is 7. The van der Waals surface area contributed by atoms with Gasteiger partial charge in [-0.3, -0.25) is 4.68 Å². The molecule has 0 atom stereocenters. The molecule has 1 rings (SSSR count). The number of nitrogens with one attached hydrogen (secondary N) is 1. The second-order valence-electron chi connectivity index (χ2n) is 4.50. The third-order valence-corrected chi connectivity index (χ3v) is 2.29. The Hall–Kier alpha value is -1.09. The molecule has 0 saturated heterocycles. The smallest absolute Gasteiger partial charge is 0.0534 e. The standard InChI is InChI=1S/C13H23N3/c1-4-5-6-7-14-8-13-9-15-16(11-13)10-12(2)3/h4-5,9,11-12,14H,6-8,10H2,1-3H3/b5-4+. The van der Waals surface area contributed by atoms with Crippen LogP contribution in [-0.4, -0.2) is 16.3 Å². The van der Waals surface area contributed by atoms with Crippen LogP contribution in [0.4, 0.5) is 0 Å². The summed E-state index contributed by atoms with van der Waals surface area (Å²) in [6.07, 6.45) is 9.43. The highest BCUT2D eigenvalue weighted by molar-refractivity contribution is 5.03. The van der Waals surface area contributed by atoms with Gasteiger partial charge < -0.3 is 5.32 Å². The zero-order chi connectivity index (χ0) is 11.8. The highest BCUT2D eigenvalue weighted by Gasteiger charge is 1.99. The SMILES string of the molecule is C/C=C/CCNCc1cnn(CC(C)C)c1. The van der Waals surface area contributed by atoms with Crippen molar-refractivity contribution < 1.29 is 0 Å². The Kier molecular flexibility index (Phi) is 5.86. The van der Waals surface area contributed by atoms with E-state index in [0.717, 1.165) is 26.1 Å². The lowest BCUT2D eigenvalue weighted by atomic mass is 10.2. The zero-order valence-corrected chi connectivity index (χ0v) is 10.6. The summed E-state index contributed by atoms with van der Waals surface area (Å²) in [7, 11) is 0. The summed E-state index contributed by atoms with van der Waals surface area (Å²) in [6.45, 7) is 9.40. The van der Waals surface area contributed by atoms with Gasteiger partial charge in [0.2, 0.25) is 0 Å². The zero-order valence-electron chi connectivity index (χ0n) is 10.6. The van der Waals surface area contributed by atoms with Gasteiger partial charge in [-0.15, -0.1) is 0 Å². The fraction of sp³-hybridized carbons (Fsp3) is 0.615. The summed E-state index contributed by atoms with van der Waals surface area (Å²) in [5.74, 6) is 0.649. The van der Waals surface area contributed by atoms with Crippen LogP contribution in [0.25, 0.3) is 0 Å². The van der Waals surface area contributed by atoms with Crippen molar-refractivity contribution in [1.29, 1.82) is 0 Å². The van der Waals surface area contributed by atoms with Gasteiger partial charge in [-0.2, -0.15) is 5.10 Å². The van der Waals surface area contributed by atoms with E-state index in [1.54, 1.807) is 0 Å². The molecule has 0 aromatic carbocycles. The van der Waals surface area contributed by atoms with E-state index in [1.807, 2.05) is 10.9 Å². The van der Waals surface area contributed by atoms with Gasteiger partial charge in [0.05, 0.1) is 6.20 Å². The molecule has 3 nitrogen and oxygen atoms in total. The summed E-state index contributed by atoms with van der Waals surface area (Å²) in [5, 5.41) is 7.73. The fourth-order valence-corrected chi connectivity index (χ4v) is 1.56. The minimum atomic E-state index is 0.649. The highest BCUT2D eigenvalue weighted by atomic mass is 15.3. The number of allylic oxidation sites excluding steroid dienone is 1. The predicted molar refractivity (Wildman–Crippen MR) is 68.2 cm³/mol. The first-order chi connectivity index (χ1) is 7.72.